The van der Waals surface area contributed by atoms with Crippen molar-refractivity contribution in [1.29, 1.82) is 0 Å². The molecule has 2 heterocycles. The van der Waals surface area contributed by atoms with E-state index in [9.17, 15) is 0 Å². The highest BCUT2D eigenvalue weighted by atomic mass is 127. The van der Waals surface area contributed by atoms with Crippen molar-refractivity contribution in [1.82, 2.24) is 9.97 Å². The first-order chi connectivity index (χ1) is 7.24. The molecule has 0 fully saturated rings. The molecule has 0 saturated carbocycles. The van der Waals surface area contributed by atoms with E-state index in [0.717, 1.165) is 25.2 Å². The number of rotatable bonds is 0. The van der Waals surface area contributed by atoms with Crippen molar-refractivity contribution in [3.8, 4) is 11.4 Å². The van der Waals surface area contributed by atoms with Crippen LogP contribution in [-0.4, -0.2) is 9.97 Å². The lowest BCUT2D eigenvalue weighted by Gasteiger charge is -1.99. The molecular weight excluding hydrogens is 414 g/mol. The Morgan fingerprint density at radius 1 is 0.800 bits per heavy atom. The Kier molecular flexibility index (Phi) is 2.42. The summed E-state index contributed by atoms with van der Waals surface area (Å²) in [4.78, 5) is 9.11. The van der Waals surface area contributed by atoms with Gasteiger partial charge in [0.25, 0.3) is 0 Å². The minimum atomic E-state index is 0.971. The lowest BCUT2D eigenvalue weighted by Crippen LogP contribution is -1.90. The smallest absolute Gasteiger partial charge is 0.102 e. The molecule has 0 N–H and O–H groups in total. The predicted molar refractivity (Wildman–Crippen MR) is 75.7 cm³/mol. The summed E-state index contributed by atoms with van der Waals surface area (Å²) in [5.74, 6) is 0. The molecule has 2 aromatic heterocycles. The van der Waals surface area contributed by atoms with E-state index < -0.39 is 0 Å². The monoisotopic (exact) mass is 420 g/mol. The van der Waals surface area contributed by atoms with Crippen LogP contribution < -0.4 is 0 Å². The average molecular weight is 420 g/mol. The van der Waals surface area contributed by atoms with Gasteiger partial charge in [0, 0.05) is 6.42 Å². The minimum absolute atomic E-state index is 0.971. The van der Waals surface area contributed by atoms with Gasteiger partial charge in [0.05, 0.1) is 11.4 Å². The third-order valence-electron chi connectivity index (χ3n) is 2.49. The lowest BCUT2D eigenvalue weighted by molar-refractivity contribution is 1.21. The first-order valence-corrected chi connectivity index (χ1v) is 6.71. The molecule has 0 bridgehead atoms. The molecule has 0 amide bonds. The molecule has 15 heavy (non-hydrogen) atoms. The van der Waals surface area contributed by atoms with Crippen LogP contribution in [0.4, 0.5) is 0 Å². The molecule has 2 nitrogen and oxygen atoms in total. The first kappa shape index (κ1) is 9.95. The van der Waals surface area contributed by atoms with E-state index >= 15 is 0 Å². The van der Waals surface area contributed by atoms with Crippen molar-refractivity contribution in [3.63, 3.8) is 0 Å². The Labute approximate surface area is 115 Å². The zero-order valence-electron chi connectivity index (χ0n) is 7.67. The molecule has 2 aromatic rings. The highest BCUT2D eigenvalue weighted by molar-refractivity contribution is 14.1. The molecular formula is C11H6I2N2. The number of hydrogen-bond donors (Lipinski definition) is 0. The highest BCUT2D eigenvalue weighted by Crippen LogP contribution is 2.34. The molecule has 0 aromatic carbocycles. The van der Waals surface area contributed by atoms with Crippen molar-refractivity contribution in [2.75, 3.05) is 0 Å². The number of hydrogen-bond acceptors (Lipinski definition) is 2. The number of pyridine rings is 2. The maximum Gasteiger partial charge on any atom is 0.102 e. The molecule has 1 aliphatic rings. The Morgan fingerprint density at radius 3 is 1.73 bits per heavy atom. The molecule has 74 valence electrons. The van der Waals surface area contributed by atoms with E-state index in [4.69, 9.17) is 0 Å². The third kappa shape index (κ3) is 1.67. The van der Waals surface area contributed by atoms with Gasteiger partial charge in [-0.2, -0.15) is 0 Å². The normalized spacial score (nSPS) is 12.4. The van der Waals surface area contributed by atoms with Gasteiger partial charge in [-0.25, -0.2) is 9.97 Å². The van der Waals surface area contributed by atoms with Crippen LogP contribution in [0, 0.1) is 7.40 Å². The van der Waals surface area contributed by atoms with Crippen LogP contribution in [0.5, 0.6) is 0 Å². The van der Waals surface area contributed by atoms with Crippen molar-refractivity contribution >= 4 is 45.2 Å². The van der Waals surface area contributed by atoms with E-state index in [2.05, 4.69) is 79.4 Å². The van der Waals surface area contributed by atoms with Crippen LogP contribution in [0.15, 0.2) is 24.3 Å². The molecule has 0 aliphatic heterocycles. The van der Waals surface area contributed by atoms with E-state index in [-0.39, 0.29) is 0 Å². The zero-order chi connectivity index (χ0) is 10.4. The average Bonchev–Trinajstić information content (AvgIpc) is 2.56. The number of aromatic nitrogens is 2. The topological polar surface area (TPSA) is 25.8 Å². The molecule has 4 heteroatoms. The van der Waals surface area contributed by atoms with Gasteiger partial charge in [0.1, 0.15) is 7.40 Å². The van der Waals surface area contributed by atoms with Gasteiger partial charge >= 0.3 is 0 Å². The molecule has 0 spiro atoms. The van der Waals surface area contributed by atoms with E-state index in [0.29, 0.717) is 0 Å². The van der Waals surface area contributed by atoms with Crippen LogP contribution in [0.1, 0.15) is 11.1 Å². The molecule has 0 unspecified atom stereocenters. The summed E-state index contributed by atoms with van der Waals surface area (Å²) < 4.78 is 2.06. The summed E-state index contributed by atoms with van der Waals surface area (Å²) in [5.41, 5.74) is 4.71. The SMILES string of the molecule is Ic1ccc2c(n1)-c1nc(I)ccc1C2. The van der Waals surface area contributed by atoms with E-state index in [1.54, 1.807) is 0 Å². The summed E-state index contributed by atoms with van der Waals surface area (Å²) in [5, 5.41) is 0. The van der Waals surface area contributed by atoms with Gasteiger partial charge < -0.3 is 0 Å². The quantitative estimate of drug-likeness (QED) is 0.413. The molecule has 0 radical (unpaired) electrons. The largest absolute Gasteiger partial charge is 0.240 e. The predicted octanol–water partition coefficient (Wildman–Crippen LogP) is 3.26. The molecule has 1 aliphatic carbocycles. The van der Waals surface area contributed by atoms with Gasteiger partial charge in [0.15, 0.2) is 0 Å². The maximum atomic E-state index is 4.56. The van der Waals surface area contributed by atoms with Gasteiger partial charge in [0.2, 0.25) is 0 Å². The Hall–Kier alpha value is -0.240. The Balaban J connectivity index is 2.28. The van der Waals surface area contributed by atoms with Gasteiger partial charge in [-0.05, 0) is 68.4 Å². The van der Waals surface area contributed by atoms with Crippen LogP contribution >= 0.6 is 45.2 Å². The standard InChI is InChI=1S/C11H6I2N2/c12-8-3-1-6-5-7-2-4-9(13)15-11(7)10(6)14-8/h1-4H,5H2. The second kappa shape index (κ2) is 3.65. The molecule has 0 saturated heterocycles. The lowest BCUT2D eigenvalue weighted by atomic mass is 10.2. The second-order valence-corrected chi connectivity index (χ2v) is 5.67. The highest BCUT2D eigenvalue weighted by Gasteiger charge is 2.21. The van der Waals surface area contributed by atoms with Gasteiger partial charge in [-0.3, -0.25) is 0 Å². The number of fused-ring (bicyclic) bond motifs is 3. The summed E-state index contributed by atoms with van der Waals surface area (Å²) >= 11 is 4.48. The van der Waals surface area contributed by atoms with E-state index in [1.807, 2.05) is 0 Å². The Morgan fingerprint density at radius 2 is 1.27 bits per heavy atom. The fraction of sp³-hybridized carbons (Fsp3) is 0.0909. The van der Waals surface area contributed by atoms with Gasteiger partial charge in [-0.1, -0.05) is 12.1 Å². The van der Waals surface area contributed by atoms with Crippen molar-refractivity contribution in [3.05, 3.63) is 42.8 Å². The first-order valence-electron chi connectivity index (χ1n) is 4.55. The van der Waals surface area contributed by atoms with Crippen molar-refractivity contribution < 1.29 is 0 Å². The summed E-state index contributed by atoms with van der Waals surface area (Å²) in [6, 6.07) is 8.41. The number of halogens is 2. The van der Waals surface area contributed by atoms with Crippen LogP contribution in [0.25, 0.3) is 11.4 Å². The maximum absolute atomic E-state index is 4.56. The molecule has 3 rings (SSSR count). The summed E-state index contributed by atoms with van der Waals surface area (Å²) in [7, 11) is 0. The summed E-state index contributed by atoms with van der Waals surface area (Å²) in [6.07, 6.45) is 0.971. The fourth-order valence-corrected chi connectivity index (χ4v) is 2.67. The molecule has 0 atom stereocenters. The minimum Gasteiger partial charge on any atom is -0.240 e. The second-order valence-electron chi connectivity index (χ2n) is 3.46. The fourth-order valence-electron chi connectivity index (χ4n) is 1.83. The van der Waals surface area contributed by atoms with Gasteiger partial charge in [-0.15, -0.1) is 0 Å². The Bertz CT molecular complexity index is 503. The third-order valence-corrected chi connectivity index (χ3v) is 3.70. The number of nitrogens with zero attached hydrogens (tertiary/aromatic N) is 2. The van der Waals surface area contributed by atoms with Crippen molar-refractivity contribution in [2.45, 2.75) is 6.42 Å². The van der Waals surface area contributed by atoms with E-state index in [1.165, 1.54) is 11.1 Å². The van der Waals surface area contributed by atoms with Crippen LogP contribution in [0.2, 0.25) is 0 Å². The van der Waals surface area contributed by atoms with Crippen LogP contribution in [0.3, 0.4) is 0 Å². The van der Waals surface area contributed by atoms with Crippen LogP contribution in [-0.2, 0) is 6.42 Å². The van der Waals surface area contributed by atoms with Crippen molar-refractivity contribution in [2.24, 2.45) is 0 Å². The zero-order valence-corrected chi connectivity index (χ0v) is 12.0. The summed E-state index contributed by atoms with van der Waals surface area (Å²) in [6.45, 7) is 0.